The standard InChI is InChI=1S/C22H31N5O3/c1-4-5-8-19(28)25(3)22-16(2)24-18-11-10-17(15-27(18)22)21(30)23-12-7-14-26-13-6-9-20(26)29/h10-11,15H,4-9,12-14H2,1-3H3,(H,23,30). The van der Waals surface area contributed by atoms with Gasteiger partial charge in [-0.3, -0.25) is 23.7 Å². The van der Waals surface area contributed by atoms with Gasteiger partial charge in [-0.2, -0.15) is 0 Å². The molecule has 3 rings (SSSR count). The molecule has 30 heavy (non-hydrogen) atoms. The molecule has 0 saturated carbocycles. The molecule has 1 aliphatic rings. The van der Waals surface area contributed by atoms with Gasteiger partial charge in [0, 0.05) is 45.7 Å². The molecule has 0 aromatic carbocycles. The van der Waals surface area contributed by atoms with Gasteiger partial charge in [-0.1, -0.05) is 13.3 Å². The number of aryl methyl sites for hydroxylation is 1. The summed E-state index contributed by atoms with van der Waals surface area (Å²) in [6.07, 6.45) is 6.30. The summed E-state index contributed by atoms with van der Waals surface area (Å²) in [5, 5.41) is 2.92. The van der Waals surface area contributed by atoms with Gasteiger partial charge in [0.25, 0.3) is 5.91 Å². The molecule has 0 atom stereocenters. The molecule has 8 nitrogen and oxygen atoms in total. The molecular formula is C22H31N5O3. The first-order valence-corrected chi connectivity index (χ1v) is 10.7. The van der Waals surface area contributed by atoms with Crippen molar-refractivity contribution >= 4 is 29.2 Å². The van der Waals surface area contributed by atoms with Gasteiger partial charge in [-0.15, -0.1) is 0 Å². The Morgan fingerprint density at radius 1 is 1.27 bits per heavy atom. The Morgan fingerprint density at radius 3 is 2.77 bits per heavy atom. The number of hydrogen-bond donors (Lipinski definition) is 1. The predicted molar refractivity (Wildman–Crippen MR) is 116 cm³/mol. The van der Waals surface area contributed by atoms with Gasteiger partial charge in [-0.05, 0) is 38.3 Å². The van der Waals surface area contributed by atoms with E-state index in [-0.39, 0.29) is 17.7 Å². The second kappa shape index (κ2) is 9.73. The fraction of sp³-hybridized carbons (Fsp3) is 0.545. The smallest absolute Gasteiger partial charge is 0.252 e. The maximum Gasteiger partial charge on any atom is 0.252 e. The molecule has 0 bridgehead atoms. The maximum atomic E-state index is 12.6. The van der Waals surface area contributed by atoms with Gasteiger partial charge < -0.3 is 10.2 Å². The molecule has 162 valence electrons. The number of amides is 3. The summed E-state index contributed by atoms with van der Waals surface area (Å²) in [4.78, 5) is 44.8. The van der Waals surface area contributed by atoms with Crippen LogP contribution in [0.25, 0.3) is 5.65 Å². The fourth-order valence-corrected chi connectivity index (χ4v) is 3.82. The summed E-state index contributed by atoms with van der Waals surface area (Å²) in [5.74, 6) is 0.746. The van der Waals surface area contributed by atoms with E-state index in [1.807, 2.05) is 11.8 Å². The highest BCUT2D eigenvalue weighted by Gasteiger charge is 2.20. The van der Waals surface area contributed by atoms with Crippen LogP contribution in [-0.4, -0.2) is 58.7 Å². The minimum atomic E-state index is -0.179. The van der Waals surface area contributed by atoms with Crippen LogP contribution < -0.4 is 10.2 Å². The van der Waals surface area contributed by atoms with E-state index < -0.39 is 0 Å². The first kappa shape index (κ1) is 21.8. The highest BCUT2D eigenvalue weighted by molar-refractivity contribution is 5.95. The molecule has 0 spiro atoms. The topological polar surface area (TPSA) is 87.0 Å². The molecule has 1 N–H and O–H groups in total. The van der Waals surface area contributed by atoms with Crippen molar-refractivity contribution in [2.45, 2.75) is 52.4 Å². The number of anilines is 1. The maximum absolute atomic E-state index is 12.6. The van der Waals surface area contributed by atoms with Crippen LogP contribution >= 0.6 is 0 Å². The van der Waals surface area contributed by atoms with Crippen molar-refractivity contribution in [3.8, 4) is 0 Å². The number of aromatic nitrogens is 2. The molecule has 2 aromatic heterocycles. The number of nitrogens with zero attached hydrogens (tertiary/aromatic N) is 4. The first-order valence-electron chi connectivity index (χ1n) is 10.7. The molecule has 2 aromatic rings. The minimum Gasteiger partial charge on any atom is -0.352 e. The summed E-state index contributed by atoms with van der Waals surface area (Å²) >= 11 is 0. The van der Waals surface area contributed by atoms with Gasteiger partial charge in [0.15, 0.2) is 0 Å². The molecule has 3 heterocycles. The summed E-state index contributed by atoms with van der Waals surface area (Å²) in [6.45, 7) is 5.92. The van der Waals surface area contributed by atoms with Crippen molar-refractivity contribution < 1.29 is 14.4 Å². The van der Waals surface area contributed by atoms with Crippen molar-refractivity contribution in [2.24, 2.45) is 0 Å². The SMILES string of the molecule is CCCCC(=O)N(C)c1c(C)nc2ccc(C(=O)NCCCN3CCCC3=O)cn12. The molecule has 0 aliphatic carbocycles. The van der Waals surface area contributed by atoms with E-state index in [1.54, 1.807) is 34.7 Å². The zero-order valence-corrected chi connectivity index (χ0v) is 18.1. The second-order valence-corrected chi connectivity index (χ2v) is 7.82. The molecule has 1 fully saturated rings. The van der Waals surface area contributed by atoms with E-state index >= 15 is 0 Å². The molecule has 0 unspecified atom stereocenters. The van der Waals surface area contributed by atoms with Crippen molar-refractivity contribution in [1.29, 1.82) is 0 Å². The van der Waals surface area contributed by atoms with Crippen molar-refractivity contribution in [3.63, 3.8) is 0 Å². The number of carbonyl (C=O) groups is 3. The quantitative estimate of drug-likeness (QED) is 0.640. The normalized spacial score (nSPS) is 13.8. The summed E-state index contributed by atoms with van der Waals surface area (Å²) in [7, 11) is 1.75. The van der Waals surface area contributed by atoms with Crippen LogP contribution in [0.5, 0.6) is 0 Å². The lowest BCUT2D eigenvalue weighted by atomic mass is 10.2. The number of fused-ring (bicyclic) bond motifs is 1. The molecule has 3 amide bonds. The van der Waals surface area contributed by atoms with Crippen LogP contribution in [0.15, 0.2) is 18.3 Å². The van der Waals surface area contributed by atoms with Gasteiger partial charge in [0.2, 0.25) is 11.8 Å². The Bertz CT molecular complexity index is 936. The summed E-state index contributed by atoms with van der Waals surface area (Å²) in [6, 6.07) is 3.53. The average Bonchev–Trinajstić information content (AvgIpc) is 3.29. The minimum absolute atomic E-state index is 0.0352. The monoisotopic (exact) mass is 413 g/mol. The highest BCUT2D eigenvalue weighted by atomic mass is 16.2. The van der Waals surface area contributed by atoms with Gasteiger partial charge >= 0.3 is 0 Å². The number of likely N-dealkylation sites (tertiary alicyclic amines) is 1. The Balaban J connectivity index is 1.67. The number of unbranched alkanes of at least 4 members (excludes halogenated alkanes) is 1. The Morgan fingerprint density at radius 2 is 2.07 bits per heavy atom. The number of imidazole rings is 1. The van der Waals surface area contributed by atoms with E-state index in [0.29, 0.717) is 43.0 Å². The molecular weight excluding hydrogens is 382 g/mol. The Kier molecular flexibility index (Phi) is 7.07. The molecule has 0 radical (unpaired) electrons. The highest BCUT2D eigenvalue weighted by Crippen LogP contribution is 2.23. The number of carbonyl (C=O) groups excluding carboxylic acids is 3. The molecule has 1 saturated heterocycles. The first-order chi connectivity index (χ1) is 14.4. The number of rotatable bonds is 9. The van der Waals surface area contributed by atoms with Gasteiger partial charge in [0.1, 0.15) is 11.5 Å². The van der Waals surface area contributed by atoms with Crippen LogP contribution in [0.3, 0.4) is 0 Å². The predicted octanol–water partition coefficient (Wildman–Crippen LogP) is 2.54. The van der Waals surface area contributed by atoms with E-state index in [0.717, 1.165) is 37.9 Å². The summed E-state index contributed by atoms with van der Waals surface area (Å²) in [5.41, 5.74) is 1.95. The van der Waals surface area contributed by atoms with E-state index in [9.17, 15) is 14.4 Å². The zero-order chi connectivity index (χ0) is 21.7. The van der Waals surface area contributed by atoms with E-state index in [1.165, 1.54) is 0 Å². The van der Waals surface area contributed by atoms with Crippen LogP contribution in [0.4, 0.5) is 5.82 Å². The lowest BCUT2D eigenvalue weighted by Crippen LogP contribution is -2.31. The third-order valence-corrected chi connectivity index (χ3v) is 5.52. The zero-order valence-electron chi connectivity index (χ0n) is 18.1. The third-order valence-electron chi connectivity index (χ3n) is 5.52. The Labute approximate surface area is 177 Å². The van der Waals surface area contributed by atoms with Crippen molar-refractivity contribution in [2.75, 3.05) is 31.6 Å². The number of hydrogen-bond acceptors (Lipinski definition) is 4. The third kappa shape index (κ3) is 4.80. The van der Waals surface area contributed by atoms with Crippen LogP contribution in [0.1, 0.15) is 61.5 Å². The molecule has 8 heteroatoms. The van der Waals surface area contributed by atoms with Crippen LogP contribution in [0, 0.1) is 6.92 Å². The van der Waals surface area contributed by atoms with Crippen LogP contribution in [0.2, 0.25) is 0 Å². The average molecular weight is 414 g/mol. The largest absolute Gasteiger partial charge is 0.352 e. The lowest BCUT2D eigenvalue weighted by molar-refractivity contribution is -0.127. The van der Waals surface area contributed by atoms with Gasteiger partial charge in [0.05, 0.1) is 11.3 Å². The van der Waals surface area contributed by atoms with Crippen molar-refractivity contribution in [3.05, 3.63) is 29.6 Å². The second-order valence-electron chi connectivity index (χ2n) is 7.82. The number of nitrogens with one attached hydrogen (secondary N) is 1. The van der Waals surface area contributed by atoms with Crippen LogP contribution in [-0.2, 0) is 9.59 Å². The number of pyridine rings is 1. The Hall–Kier alpha value is -2.90. The lowest BCUT2D eigenvalue weighted by Gasteiger charge is -2.18. The summed E-state index contributed by atoms with van der Waals surface area (Å²) < 4.78 is 1.80. The van der Waals surface area contributed by atoms with Crippen molar-refractivity contribution in [1.82, 2.24) is 19.6 Å². The van der Waals surface area contributed by atoms with Gasteiger partial charge in [-0.25, -0.2) is 4.98 Å². The van der Waals surface area contributed by atoms with E-state index in [2.05, 4.69) is 17.2 Å². The molecule has 1 aliphatic heterocycles. The van der Waals surface area contributed by atoms with E-state index in [4.69, 9.17) is 0 Å². The fourth-order valence-electron chi connectivity index (χ4n) is 3.82.